The van der Waals surface area contributed by atoms with E-state index in [9.17, 15) is 4.79 Å². The minimum Gasteiger partial charge on any atom is -0.383 e. The van der Waals surface area contributed by atoms with E-state index in [0.717, 1.165) is 45.0 Å². The molecule has 28 heavy (non-hydrogen) atoms. The van der Waals surface area contributed by atoms with Gasteiger partial charge in [-0.05, 0) is 0 Å². The molecular weight excluding hydrogens is 358 g/mol. The molecule has 1 aromatic carbocycles. The fourth-order valence-corrected chi connectivity index (χ4v) is 2.89. The van der Waals surface area contributed by atoms with Crippen molar-refractivity contribution >= 4 is 11.7 Å². The quantitative estimate of drug-likeness (QED) is 0.628. The zero-order valence-corrected chi connectivity index (χ0v) is 16.2. The molecule has 2 heterocycles. The molecule has 0 bridgehead atoms. The molecule has 0 radical (unpaired) electrons. The van der Waals surface area contributed by atoms with E-state index >= 15 is 0 Å². The summed E-state index contributed by atoms with van der Waals surface area (Å²) < 4.78 is 10.4. The van der Waals surface area contributed by atoms with Crippen LogP contribution >= 0.6 is 0 Å². The highest BCUT2D eigenvalue weighted by atomic mass is 16.5. The Balaban J connectivity index is 1.71. The van der Waals surface area contributed by atoms with Gasteiger partial charge in [0.05, 0.1) is 19.8 Å². The number of amides is 1. The molecule has 1 fully saturated rings. The Morgan fingerprint density at radius 3 is 2.71 bits per heavy atom. The average molecular weight is 385 g/mol. The average Bonchev–Trinajstić information content (AvgIpc) is 2.75. The Labute approximate surface area is 165 Å². The van der Waals surface area contributed by atoms with Crippen LogP contribution in [-0.2, 0) is 9.47 Å². The zero-order chi connectivity index (χ0) is 19.6. The molecule has 0 saturated carbocycles. The lowest BCUT2D eigenvalue weighted by Gasteiger charge is -2.26. The van der Waals surface area contributed by atoms with Gasteiger partial charge in [-0.15, -0.1) is 0 Å². The SMILES string of the molecule is COCCNC(=O)c1cc(NCCN2CCOCC2)nc(-c2ccccc2)n1. The third kappa shape index (κ3) is 5.98. The van der Waals surface area contributed by atoms with Crippen molar-refractivity contribution in [3.63, 3.8) is 0 Å². The zero-order valence-electron chi connectivity index (χ0n) is 16.2. The van der Waals surface area contributed by atoms with E-state index in [1.54, 1.807) is 13.2 Å². The minimum atomic E-state index is -0.243. The van der Waals surface area contributed by atoms with Crippen LogP contribution in [0.1, 0.15) is 10.5 Å². The van der Waals surface area contributed by atoms with Crippen LogP contribution in [0.4, 0.5) is 5.82 Å². The van der Waals surface area contributed by atoms with Crippen LogP contribution in [0, 0.1) is 0 Å². The van der Waals surface area contributed by atoms with E-state index in [0.29, 0.717) is 30.5 Å². The second-order valence-corrected chi connectivity index (χ2v) is 6.46. The fourth-order valence-electron chi connectivity index (χ4n) is 2.89. The largest absolute Gasteiger partial charge is 0.383 e. The van der Waals surface area contributed by atoms with Gasteiger partial charge in [-0.3, -0.25) is 9.69 Å². The molecule has 1 aliphatic rings. The molecule has 150 valence electrons. The van der Waals surface area contributed by atoms with E-state index < -0.39 is 0 Å². The highest BCUT2D eigenvalue weighted by Crippen LogP contribution is 2.18. The normalized spacial score (nSPS) is 14.6. The van der Waals surface area contributed by atoms with Crippen molar-refractivity contribution in [2.45, 2.75) is 0 Å². The number of carbonyl (C=O) groups is 1. The molecule has 1 amide bonds. The number of nitrogens with one attached hydrogen (secondary N) is 2. The number of morpholine rings is 1. The molecule has 0 spiro atoms. The van der Waals surface area contributed by atoms with Crippen LogP contribution < -0.4 is 10.6 Å². The summed E-state index contributed by atoms with van der Waals surface area (Å²) in [6.45, 7) is 5.93. The van der Waals surface area contributed by atoms with Crippen LogP contribution in [0.25, 0.3) is 11.4 Å². The molecule has 1 saturated heterocycles. The van der Waals surface area contributed by atoms with E-state index in [1.165, 1.54) is 0 Å². The van der Waals surface area contributed by atoms with Crippen molar-refractivity contribution in [1.82, 2.24) is 20.2 Å². The second kappa shape index (κ2) is 10.7. The number of rotatable bonds is 9. The number of anilines is 1. The maximum absolute atomic E-state index is 12.5. The van der Waals surface area contributed by atoms with Gasteiger partial charge in [-0.25, -0.2) is 9.97 Å². The van der Waals surface area contributed by atoms with Crippen molar-refractivity contribution < 1.29 is 14.3 Å². The molecule has 8 heteroatoms. The van der Waals surface area contributed by atoms with Gasteiger partial charge < -0.3 is 20.1 Å². The second-order valence-electron chi connectivity index (χ2n) is 6.46. The van der Waals surface area contributed by atoms with E-state index in [4.69, 9.17) is 9.47 Å². The summed E-state index contributed by atoms with van der Waals surface area (Å²) in [6.07, 6.45) is 0. The monoisotopic (exact) mass is 385 g/mol. The third-order valence-corrected chi connectivity index (χ3v) is 4.42. The van der Waals surface area contributed by atoms with Crippen molar-refractivity contribution in [1.29, 1.82) is 0 Å². The Morgan fingerprint density at radius 2 is 1.96 bits per heavy atom. The van der Waals surface area contributed by atoms with Gasteiger partial charge in [0.1, 0.15) is 11.5 Å². The number of methoxy groups -OCH3 is 1. The lowest BCUT2D eigenvalue weighted by Crippen LogP contribution is -2.39. The Hall–Kier alpha value is -2.55. The number of hydrogen-bond acceptors (Lipinski definition) is 7. The summed E-state index contributed by atoms with van der Waals surface area (Å²) in [5, 5.41) is 6.14. The predicted octanol–water partition coefficient (Wildman–Crippen LogP) is 1.26. The van der Waals surface area contributed by atoms with Gasteiger partial charge >= 0.3 is 0 Å². The van der Waals surface area contributed by atoms with E-state index in [1.807, 2.05) is 30.3 Å². The summed E-state index contributed by atoms with van der Waals surface area (Å²) in [4.78, 5) is 23.9. The minimum absolute atomic E-state index is 0.243. The highest BCUT2D eigenvalue weighted by molar-refractivity contribution is 5.93. The fraction of sp³-hybridized carbons (Fsp3) is 0.450. The number of carbonyl (C=O) groups excluding carboxylic acids is 1. The topological polar surface area (TPSA) is 88.6 Å². The number of nitrogens with zero attached hydrogens (tertiary/aromatic N) is 3. The third-order valence-electron chi connectivity index (χ3n) is 4.42. The standard InChI is InChI=1S/C20H27N5O3/c1-27-12-8-22-20(26)17-15-18(21-7-9-25-10-13-28-14-11-25)24-19(23-17)16-5-3-2-4-6-16/h2-6,15H,7-14H2,1H3,(H,22,26)(H,21,23,24). The molecule has 8 nitrogen and oxygen atoms in total. The molecule has 1 aromatic heterocycles. The van der Waals surface area contributed by atoms with Crippen molar-refractivity contribution in [2.75, 3.05) is 65.0 Å². The van der Waals surface area contributed by atoms with E-state index in [2.05, 4.69) is 25.5 Å². The van der Waals surface area contributed by atoms with Crippen LogP contribution in [0.2, 0.25) is 0 Å². The first-order chi connectivity index (χ1) is 13.8. The van der Waals surface area contributed by atoms with Gasteiger partial charge in [0.25, 0.3) is 5.91 Å². The smallest absolute Gasteiger partial charge is 0.270 e. The first kappa shape index (κ1) is 20.2. The Bertz CT molecular complexity index is 751. The molecule has 0 atom stereocenters. The van der Waals surface area contributed by atoms with Crippen LogP contribution in [0.5, 0.6) is 0 Å². The summed E-state index contributed by atoms with van der Waals surface area (Å²) in [7, 11) is 1.60. The van der Waals surface area contributed by atoms with Crippen molar-refractivity contribution in [2.24, 2.45) is 0 Å². The number of ether oxygens (including phenoxy) is 2. The molecule has 1 aliphatic heterocycles. The number of hydrogen-bond donors (Lipinski definition) is 2. The Morgan fingerprint density at radius 1 is 1.18 bits per heavy atom. The summed E-state index contributed by atoms with van der Waals surface area (Å²) in [6, 6.07) is 11.3. The van der Waals surface area contributed by atoms with Gasteiger partial charge in [-0.1, -0.05) is 30.3 Å². The predicted molar refractivity (Wildman–Crippen MR) is 107 cm³/mol. The van der Waals surface area contributed by atoms with Crippen LogP contribution in [-0.4, -0.2) is 80.4 Å². The molecular formula is C20H27N5O3. The van der Waals surface area contributed by atoms with Gasteiger partial charge in [0.15, 0.2) is 5.82 Å². The first-order valence-electron chi connectivity index (χ1n) is 9.52. The highest BCUT2D eigenvalue weighted by Gasteiger charge is 2.14. The van der Waals surface area contributed by atoms with Crippen molar-refractivity contribution in [3.8, 4) is 11.4 Å². The summed E-state index contributed by atoms with van der Waals surface area (Å²) in [5.41, 5.74) is 1.20. The number of benzene rings is 1. The van der Waals surface area contributed by atoms with Gasteiger partial charge in [0, 0.05) is 51.5 Å². The van der Waals surface area contributed by atoms with Gasteiger partial charge in [-0.2, -0.15) is 0 Å². The summed E-state index contributed by atoms with van der Waals surface area (Å²) in [5.74, 6) is 0.917. The lowest BCUT2D eigenvalue weighted by molar-refractivity contribution is 0.0398. The summed E-state index contributed by atoms with van der Waals surface area (Å²) >= 11 is 0. The number of aromatic nitrogens is 2. The molecule has 3 rings (SSSR count). The lowest BCUT2D eigenvalue weighted by atomic mass is 10.2. The molecule has 0 unspecified atom stereocenters. The van der Waals surface area contributed by atoms with Crippen LogP contribution in [0.15, 0.2) is 36.4 Å². The Kier molecular flexibility index (Phi) is 7.71. The molecule has 0 aliphatic carbocycles. The van der Waals surface area contributed by atoms with Gasteiger partial charge in [0.2, 0.25) is 0 Å². The maximum atomic E-state index is 12.5. The van der Waals surface area contributed by atoms with E-state index in [-0.39, 0.29) is 5.91 Å². The molecule has 2 aromatic rings. The first-order valence-corrected chi connectivity index (χ1v) is 9.52. The molecule has 2 N–H and O–H groups in total. The maximum Gasteiger partial charge on any atom is 0.270 e. The van der Waals surface area contributed by atoms with Crippen LogP contribution in [0.3, 0.4) is 0 Å². The van der Waals surface area contributed by atoms with Crippen molar-refractivity contribution in [3.05, 3.63) is 42.1 Å².